The van der Waals surface area contributed by atoms with Gasteiger partial charge in [0.15, 0.2) is 5.79 Å². The van der Waals surface area contributed by atoms with Crippen LogP contribution in [-0.2, 0) is 28.5 Å². The molecule has 1 heterocycles. The van der Waals surface area contributed by atoms with Crippen molar-refractivity contribution in [3.8, 4) is 0 Å². The van der Waals surface area contributed by atoms with E-state index in [1.807, 2.05) is 6.92 Å². The summed E-state index contributed by atoms with van der Waals surface area (Å²) in [7, 11) is 0. The fourth-order valence-electron chi connectivity index (χ4n) is 2.17. The Morgan fingerprint density at radius 3 is 2.70 bits per heavy atom. The highest BCUT2D eigenvalue weighted by atomic mass is 16.7. The van der Waals surface area contributed by atoms with Crippen LogP contribution in [0.4, 0.5) is 0 Å². The third-order valence-corrected chi connectivity index (χ3v) is 3.04. The van der Waals surface area contributed by atoms with Gasteiger partial charge in [-0.1, -0.05) is 18.5 Å². The SMILES string of the molecule is CCC[C@@]1(OCN=[N+]=[N-])C=C[C@H](OC(C)=O)[C@@H](COC(C)=O)O1. The third kappa shape index (κ3) is 6.27. The molecule has 0 aromatic heterocycles. The zero-order valence-electron chi connectivity index (χ0n) is 13.4. The Balaban J connectivity index is 2.93. The standard InChI is InChI=1S/C14H21N3O6/c1-4-6-14(21-9-16-17-15)7-5-12(22-11(3)19)13(23-14)8-20-10(2)18/h5,7,12-13H,4,6,8-9H2,1-3H3/t12-,13+,14-/m0/s1. The van der Waals surface area contributed by atoms with Gasteiger partial charge in [-0.2, -0.15) is 0 Å². The van der Waals surface area contributed by atoms with Crippen LogP contribution in [0.2, 0.25) is 0 Å². The lowest BCUT2D eigenvalue weighted by Crippen LogP contribution is -2.49. The summed E-state index contributed by atoms with van der Waals surface area (Å²) in [6, 6.07) is 0. The fourth-order valence-corrected chi connectivity index (χ4v) is 2.17. The van der Waals surface area contributed by atoms with Crippen molar-refractivity contribution in [3.63, 3.8) is 0 Å². The molecule has 1 aliphatic heterocycles. The zero-order valence-corrected chi connectivity index (χ0v) is 13.4. The predicted octanol–water partition coefficient (Wildman–Crippen LogP) is 2.22. The van der Waals surface area contributed by atoms with Gasteiger partial charge >= 0.3 is 11.9 Å². The molecule has 128 valence electrons. The summed E-state index contributed by atoms with van der Waals surface area (Å²) in [5, 5.41) is 3.33. The van der Waals surface area contributed by atoms with Gasteiger partial charge in [0.05, 0.1) is 0 Å². The topological polar surface area (TPSA) is 120 Å². The smallest absolute Gasteiger partial charge is 0.303 e. The maximum atomic E-state index is 11.2. The lowest BCUT2D eigenvalue weighted by molar-refractivity contribution is -0.259. The van der Waals surface area contributed by atoms with E-state index in [0.29, 0.717) is 6.42 Å². The molecule has 0 radical (unpaired) electrons. The van der Waals surface area contributed by atoms with Crippen LogP contribution in [-0.4, -0.2) is 43.3 Å². The first kappa shape index (κ1) is 19.0. The fraction of sp³-hybridized carbons (Fsp3) is 0.714. The summed E-state index contributed by atoms with van der Waals surface area (Å²) in [6.07, 6.45) is 3.07. The minimum absolute atomic E-state index is 0.0893. The molecule has 0 aromatic rings. The van der Waals surface area contributed by atoms with E-state index >= 15 is 0 Å². The number of rotatable bonds is 8. The first-order chi connectivity index (χ1) is 10.9. The second-order valence-corrected chi connectivity index (χ2v) is 4.96. The Morgan fingerprint density at radius 2 is 2.13 bits per heavy atom. The van der Waals surface area contributed by atoms with Crippen molar-refractivity contribution in [2.75, 3.05) is 13.3 Å². The van der Waals surface area contributed by atoms with Gasteiger partial charge in [-0.25, -0.2) is 0 Å². The Kier molecular flexibility index (Phi) is 7.53. The van der Waals surface area contributed by atoms with E-state index < -0.39 is 29.9 Å². The molecule has 0 N–H and O–H groups in total. The van der Waals surface area contributed by atoms with Crippen LogP contribution >= 0.6 is 0 Å². The van der Waals surface area contributed by atoms with E-state index in [4.69, 9.17) is 24.5 Å². The summed E-state index contributed by atoms with van der Waals surface area (Å²) >= 11 is 0. The average Bonchev–Trinajstić information content (AvgIpc) is 2.48. The number of carbonyl (C=O) groups is 2. The molecule has 0 saturated carbocycles. The van der Waals surface area contributed by atoms with Crippen LogP contribution in [0.25, 0.3) is 10.4 Å². The van der Waals surface area contributed by atoms with Crippen LogP contribution in [0.15, 0.2) is 17.3 Å². The number of nitrogens with zero attached hydrogens (tertiary/aromatic N) is 3. The van der Waals surface area contributed by atoms with Crippen LogP contribution in [0.3, 0.4) is 0 Å². The monoisotopic (exact) mass is 327 g/mol. The Morgan fingerprint density at radius 1 is 1.39 bits per heavy atom. The molecule has 0 unspecified atom stereocenters. The third-order valence-electron chi connectivity index (χ3n) is 3.04. The molecule has 0 saturated heterocycles. The predicted molar refractivity (Wildman–Crippen MR) is 78.9 cm³/mol. The highest BCUT2D eigenvalue weighted by Crippen LogP contribution is 2.30. The minimum Gasteiger partial charge on any atom is -0.463 e. The average molecular weight is 327 g/mol. The Labute approximate surface area is 134 Å². The second-order valence-electron chi connectivity index (χ2n) is 4.96. The van der Waals surface area contributed by atoms with Crippen LogP contribution in [0, 0.1) is 0 Å². The quantitative estimate of drug-likeness (QED) is 0.221. The zero-order chi connectivity index (χ0) is 17.3. The largest absolute Gasteiger partial charge is 0.463 e. The summed E-state index contributed by atoms with van der Waals surface area (Å²) in [6.45, 7) is 4.20. The van der Waals surface area contributed by atoms with Crippen molar-refractivity contribution in [3.05, 3.63) is 22.6 Å². The van der Waals surface area contributed by atoms with Gasteiger partial charge in [0.2, 0.25) is 0 Å². The van der Waals surface area contributed by atoms with Crippen molar-refractivity contribution in [1.29, 1.82) is 0 Å². The molecule has 9 nitrogen and oxygen atoms in total. The highest BCUT2D eigenvalue weighted by molar-refractivity contribution is 5.66. The lowest BCUT2D eigenvalue weighted by Gasteiger charge is -2.39. The van der Waals surface area contributed by atoms with E-state index in [1.54, 1.807) is 12.2 Å². The molecular weight excluding hydrogens is 306 g/mol. The first-order valence-corrected chi connectivity index (χ1v) is 7.25. The van der Waals surface area contributed by atoms with Crippen molar-refractivity contribution in [1.82, 2.24) is 0 Å². The lowest BCUT2D eigenvalue weighted by atomic mass is 10.0. The number of azide groups is 1. The summed E-state index contributed by atoms with van der Waals surface area (Å²) < 4.78 is 21.5. The molecule has 0 bridgehead atoms. The van der Waals surface area contributed by atoms with Gasteiger partial charge in [0.25, 0.3) is 0 Å². The Hall–Kier alpha value is -2.09. The van der Waals surface area contributed by atoms with Crippen LogP contribution < -0.4 is 0 Å². The first-order valence-electron chi connectivity index (χ1n) is 7.25. The molecular formula is C14H21N3O6. The van der Waals surface area contributed by atoms with E-state index in [1.165, 1.54) is 13.8 Å². The van der Waals surface area contributed by atoms with Gasteiger partial charge in [-0.05, 0) is 17.7 Å². The minimum atomic E-state index is -1.12. The molecule has 0 fully saturated rings. The molecule has 0 aliphatic carbocycles. The van der Waals surface area contributed by atoms with Gasteiger partial charge in [0.1, 0.15) is 25.5 Å². The molecule has 1 rings (SSSR count). The van der Waals surface area contributed by atoms with Crippen molar-refractivity contribution >= 4 is 11.9 Å². The second kappa shape index (κ2) is 9.14. The molecule has 0 aromatic carbocycles. The number of hydrogen-bond acceptors (Lipinski definition) is 7. The van der Waals surface area contributed by atoms with E-state index in [9.17, 15) is 9.59 Å². The number of esters is 2. The van der Waals surface area contributed by atoms with Crippen molar-refractivity contribution < 1.29 is 28.5 Å². The van der Waals surface area contributed by atoms with Gasteiger partial charge in [-0.15, -0.1) is 0 Å². The Bertz CT molecular complexity index is 503. The molecule has 1 aliphatic rings. The number of carbonyl (C=O) groups excluding carboxylic acids is 2. The van der Waals surface area contributed by atoms with Gasteiger partial charge < -0.3 is 18.9 Å². The highest BCUT2D eigenvalue weighted by Gasteiger charge is 2.40. The molecule has 9 heteroatoms. The summed E-state index contributed by atoms with van der Waals surface area (Å²) in [4.78, 5) is 24.8. The normalized spacial score (nSPS) is 26.2. The van der Waals surface area contributed by atoms with E-state index in [0.717, 1.165) is 6.42 Å². The van der Waals surface area contributed by atoms with Crippen LogP contribution in [0.1, 0.15) is 33.6 Å². The molecule has 0 spiro atoms. The maximum absolute atomic E-state index is 11.2. The molecule has 0 amide bonds. The molecule has 23 heavy (non-hydrogen) atoms. The van der Waals surface area contributed by atoms with Crippen molar-refractivity contribution in [2.45, 2.75) is 51.6 Å². The van der Waals surface area contributed by atoms with Crippen LogP contribution in [0.5, 0.6) is 0 Å². The summed E-state index contributed by atoms with van der Waals surface area (Å²) in [5.41, 5.74) is 8.35. The van der Waals surface area contributed by atoms with E-state index in [-0.39, 0.29) is 13.3 Å². The number of hydrogen-bond donors (Lipinski definition) is 0. The molecule has 3 atom stereocenters. The maximum Gasteiger partial charge on any atom is 0.303 e. The van der Waals surface area contributed by atoms with E-state index in [2.05, 4.69) is 10.0 Å². The number of ether oxygens (including phenoxy) is 4. The van der Waals surface area contributed by atoms with Crippen molar-refractivity contribution in [2.24, 2.45) is 5.11 Å². The van der Waals surface area contributed by atoms with Gasteiger partial charge in [0, 0.05) is 25.2 Å². The summed E-state index contributed by atoms with van der Waals surface area (Å²) in [5.74, 6) is -2.07. The van der Waals surface area contributed by atoms with Gasteiger partial charge in [-0.3, -0.25) is 9.59 Å².